The third kappa shape index (κ3) is 46.0. The number of aliphatic hydroxyl groups excluding tert-OH is 8. The highest BCUT2D eigenvalue weighted by Gasteiger charge is 2.51. The minimum Gasteiger partial charge on any atom is -0.394 e. The van der Waals surface area contributed by atoms with Crippen LogP contribution in [0.3, 0.4) is 0 Å². The second-order valence-corrected chi connectivity index (χ2v) is 26.4. The third-order valence-corrected chi connectivity index (χ3v) is 18.0. The summed E-state index contributed by atoms with van der Waals surface area (Å²) in [4.78, 5) is 13.3. The minimum atomic E-state index is -1.80. The van der Waals surface area contributed by atoms with Crippen molar-refractivity contribution in [3.8, 4) is 0 Å². The summed E-state index contributed by atoms with van der Waals surface area (Å²) < 4.78 is 22.9. The Hall–Kier alpha value is -3.35. The van der Waals surface area contributed by atoms with E-state index in [0.717, 1.165) is 83.5 Å². The Morgan fingerprint density at radius 2 is 0.734 bits per heavy atom. The van der Waals surface area contributed by atoms with Gasteiger partial charge in [-0.1, -0.05) is 316 Å². The first-order chi connectivity index (χ1) is 46.1. The highest BCUT2D eigenvalue weighted by atomic mass is 16.7. The Morgan fingerprint density at radius 3 is 1.13 bits per heavy atom. The molecule has 0 bridgehead atoms. The smallest absolute Gasteiger partial charge is 0.220 e. The van der Waals surface area contributed by atoms with Gasteiger partial charge in [0, 0.05) is 6.42 Å². The molecule has 2 aliphatic rings. The molecule has 0 aliphatic carbocycles. The zero-order chi connectivity index (χ0) is 68.0. The molecule has 12 unspecified atom stereocenters. The number of nitrogens with one attached hydrogen (secondary N) is 1. The molecule has 0 radical (unpaired) electrons. The number of carbonyl (C=O) groups excluding carboxylic acids is 1. The standard InChI is InChI=1S/C80H139NO13/c1-3-5-7-9-11-13-15-17-19-21-23-25-27-29-31-32-33-34-35-36-38-39-41-43-45-47-49-51-53-55-57-59-61-63-69(84)68(67-91-79-77(90)75(88)78(71(66-83)93-79)94-80-76(89)74(87)73(86)70(65-82)92-80)81-72(85)64-62-60-58-56-54-52-50-48-46-44-42-40-37-30-28-26-24-22-20-18-16-14-12-10-8-6-4-2/h6,8,12,14,18,20,24,26,30,37,42,44,48,50,54,56,61,63,68-71,73-80,82-84,86-90H,3-5,7,9-11,13,15-17,19,21-23,25,27-29,31-36,38-41,43,45-47,49,51-53,55,57-60,62,64-67H2,1-2H3,(H,81,85)/b8-6-,14-12-,20-18-,26-24-,37-30-,44-42-,50-48-,56-54-,63-61+. The summed E-state index contributed by atoms with van der Waals surface area (Å²) in [5, 5.41) is 87.5. The summed E-state index contributed by atoms with van der Waals surface area (Å²) >= 11 is 0. The van der Waals surface area contributed by atoms with Gasteiger partial charge in [0.1, 0.15) is 48.8 Å². The zero-order valence-electron chi connectivity index (χ0n) is 59.2. The number of unbranched alkanes of at least 4 members (excludes halogenated alkanes) is 33. The van der Waals surface area contributed by atoms with Gasteiger partial charge in [0.25, 0.3) is 0 Å². The lowest BCUT2D eigenvalue weighted by Gasteiger charge is -2.46. The van der Waals surface area contributed by atoms with Crippen LogP contribution >= 0.6 is 0 Å². The van der Waals surface area contributed by atoms with Crippen LogP contribution in [0.2, 0.25) is 0 Å². The maximum atomic E-state index is 13.3. The molecule has 2 heterocycles. The van der Waals surface area contributed by atoms with Crippen LogP contribution in [-0.2, 0) is 23.7 Å². The van der Waals surface area contributed by atoms with Gasteiger partial charge < -0.3 is 65.1 Å². The van der Waals surface area contributed by atoms with Crippen molar-refractivity contribution < 1.29 is 64.6 Å². The van der Waals surface area contributed by atoms with Gasteiger partial charge in [0.2, 0.25) is 5.91 Å². The molecule has 2 aliphatic heterocycles. The first-order valence-electron chi connectivity index (χ1n) is 38.1. The Balaban J connectivity index is 1.67. The fourth-order valence-electron chi connectivity index (χ4n) is 12.0. The molecule has 94 heavy (non-hydrogen) atoms. The van der Waals surface area contributed by atoms with E-state index in [1.807, 2.05) is 6.08 Å². The molecule has 12 atom stereocenters. The van der Waals surface area contributed by atoms with E-state index in [1.165, 1.54) is 186 Å². The summed E-state index contributed by atoms with van der Waals surface area (Å²) in [5.74, 6) is -0.282. The van der Waals surface area contributed by atoms with Gasteiger partial charge in [-0.2, -0.15) is 0 Å². The lowest BCUT2D eigenvalue weighted by Crippen LogP contribution is -2.65. The van der Waals surface area contributed by atoms with Gasteiger partial charge in [0.15, 0.2) is 12.6 Å². The van der Waals surface area contributed by atoms with Crippen LogP contribution in [-0.4, -0.2) is 140 Å². The lowest BCUT2D eigenvalue weighted by atomic mass is 9.97. The van der Waals surface area contributed by atoms with E-state index >= 15 is 0 Å². The van der Waals surface area contributed by atoms with Gasteiger partial charge in [-0.05, 0) is 83.5 Å². The van der Waals surface area contributed by atoms with Crippen molar-refractivity contribution in [1.29, 1.82) is 0 Å². The van der Waals surface area contributed by atoms with Crippen LogP contribution < -0.4 is 5.32 Å². The Morgan fingerprint density at radius 1 is 0.394 bits per heavy atom. The molecular weight excluding hydrogens is 1180 g/mol. The molecule has 0 aromatic heterocycles. The van der Waals surface area contributed by atoms with Gasteiger partial charge >= 0.3 is 0 Å². The molecule has 0 aromatic carbocycles. The summed E-state index contributed by atoms with van der Waals surface area (Å²) in [5.41, 5.74) is 0. The van der Waals surface area contributed by atoms with Crippen LogP contribution in [0.5, 0.6) is 0 Å². The monoisotopic (exact) mass is 1320 g/mol. The lowest BCUT2D eigenvalue weighted by molar-refractivity contribution is -0.359. The zero-order valence-corrected chi connectivity index (χ0v) is 59.2. The number of amides is 1. The molecule has 1 amide bonds. The van der Waals surface area contributed by atoms with Gasteiger partial charge in [-0.3, -0.25) is 4.79 Å². The van der Waals surface area contributed by atoms with Crippen LogP contribution in [0.25, 0.3) is 0 Å². The Kier molecular flexibility index (Phi) is 58.2. The number of aliphatic hydroxyl groups is 8. The highest BCUT2D eigenvalue weighted by Crippen LogP contribution is 2.30. The third-order valence-electron chi connectivity index (χ3n) is 18.0. The van der Waals surface area contributed by atoms with Gasteiger partial charge in [0.05, 0.1) is 32.0 Å². The largest absolute Gasteiger partial charge is 0.394 e. The first-order valence-corrected chi connectivity index (χ1v) is 38.1. The molecule has 542 valence electrons. The number of carbonyl (C=O) groups is 1. The molecule has 2 saturated heterocycles. The number of ether oxygens (including phenoxy) is 4. The van der Waals surface area contributed by atoms with Crippen LogP contribution in [0.1, 0.15) is 296 Å². The fraction of sp³-hybridized carbons (Fsp3) is 0.762. The Bertz CT molecular complexity index is 2000. The topological polar surface area (TPSA) is 228 Å². The van der Waals surface area contributed by atoms with Crippen molar-refractivity contribution in [1.82, 2.24) is 5.32 Å². The predicted molar refractivity (Wildman–Crippen MR) is 387 cm³/mol. The molecule has 14 heteroatoms. The average molecular weight is 1320 g/mol. The van der Waals surface area contributed by atoms with Crippen molar-refractivity contribution in [3.63, 3.8) is 0 Å². The molecule has 0 aromatic rings. The van der Waals surface area contributed by atoms with Crippen LogP contribution in [0.15, 0.2) is 109 Å². The van der Waals surface area contributed by atoms with E-state index in [0.29, 0.717) is 6.42 Å². The van der Waals surface area contributed by atoms with Crippen molar-refractivity contribution in [2.24, 2.45) is 0 Å². The highest BCUT2D eigenvalue weighted by molar-refractivity contribution is 5.76. The second-order valence-electron chi connectivity index (χ2n) is 26.4. The maximum Gasteiger partial charge on any atom is 0.220 e. The van der Waals surface area contributed by atoms with E-state index < -0.39 is 86.8 Å². The minimum absolute atomic E-state index is 0.219. The SMILES string of the molecule is CC/C=C\C/C=C\C/C=C\C/C=C\C/C=C\C/C=C\C/C=C\C/C=C\CCCCC(=O)NC(COC1OC(CO)C(OC2OC(CO)C(O)C(O)C2O)C(O)C1O)C(O)/C=C/CCCCCCCCCCCCCCCCCCCCCCCCCCCCCCCCC. The normalized spacial score (nSPS) is 23.1. The first kappa shape index (κ1) is 86.7. The van der Waals surface area contributed by atoms with Crippen LogP contribution in [0.4, 0.5) is 0 Å². The maximum absolute atomic E-state index is 13.3. The molecule has 0 saturated carbocycles. The van der Waals surface area contributed by atoms with Crippen molar-refractivity contribution in [2.75, 3.05) is 19.8 Å². The van der Waals surface area contributed by atoms with Crippen LogP contribution in [0, 0.1) is 0 Å². The van der Waals surface area contributed by atoms with Gasteiger partial charge in [-0.25, -0.2) is 0 Å². The summed E-state index contributed by atoms with van der Waals surface area (Å²) in [6.07, 6.45) is 74.5. The molecule has 2 fully saturated rings. The van der Waals surface area contributed by atoms with Gasteiger partial charge in [-0.15, -0.1) is 0 Å². The fourth-order valence-corrected chi connectivity index (χ4v) is 12.0. The van der Waals surface area contributed by atoms with E-state index in [-0.39, 0.29) is 18.9 Å². The Labute approximate surface area is 572 Å². The summed E-state index contributed by atoms with van der Waals surface area (Å²) in [7, 11) is 0. The number of rotatable bonds is 62. The van der Waals surface area contributed by atoms with E-state index in [2.05, 4.69) is 116 Å². The average Bonchev–Trinajstić information content (AvgIpc) is 0.794. The van der Waals surface area contributed by atoms with E-state index in [4.69, 9.17) is 18.9 Å². The summed E-state index contributed by atoms with van der Waals surface area (Å²) in [6, 6.07) is -0.949. The molecule has 2 rings (SSSR count). The predicted octanol–water partition coefficient (Wildman–Crippen LogP) is 16.7. The molecule has 14 nitrogen and oxygen atoms in total. The van der Waals surface area contributed by atoms with Crippen molar-refractivity contribution in [3.05, 3.63) is 109 Å². The van der Waals surface area contributed by atoms with E-state index in [1.54, 1.807) is 6.08 Å². The number of hydrogen-bond acceptors (Lipinski definition) is 13. The van der Waals surface area contributed by atoms with Crippen molar-refractivity contribution >= 4 is 5.91 Å². The van der Waals surface area contributed by atoms with E-state index in [9.17, 15) is 45.6 Å². The number of allylic oxidation sites excluding steroid dienone is 17. The quantitative estimate of drug-likeness (QED) is 0.0204. The molecule has 9 N–H and O–H groups in total. The number of hydrogen-bond donors (Lipinski definition) is 9. The second kappa shape index (κ2) is 63.1. The summed E-state index contributed by atoms with van der Waals surface area (Å²) in [6.45, 7) is 2.68. The molecular formula is C80H139NO13. The molecule has 0 spiro atoms. The van der Waals surface area contributed by atoms with Crippen molar-refractivity contribution in [2.45, 2.75) is 370 Å².